The summed E-state index contributed by atoms with van der Waals surface area (Å²) in [6.07, 6.45) is 11.6. The molecule has 1 heterocycles. The summed E-state index contributed by atoms with van der Waals surface area (Å²) in [6, 6.07) is 14.1. The molecule has 5 rings (SSSR count). The molecule has 0 bridgehead atoms. The van der Waals surface area contributed by atoms with Crippen molar-refractivity contribution in [1.82, 2.24) is 14.9 Å². The fourth-order valence-corrected chi connectivity index (χ4v) is 6.03. The Morgan fingerprint density at radius 3 is 2.31 bits per heavy atom. The van der Waals surface area contributed by atoms with Gasteiger partial charge in [0.2, 0.25) is 5.91 Å². The number of benzene rings is 2. The second-order valence-corrected chi connectivity index (χ2v) is 10.1. The molecule has 6 heteroatoms. The van der Waals surface area contributed by atoms with E-state index in [0.717, 1.165) is 48.1 Å². The maximum absolute atomic E-state index is 14.1. The van der Waals surface area contributed by atoms with Crippen LogP contribution in [0.5, 0.6) is 11.5 Å². The van der Waals surface area contributed by atoms with Gasteiger partial charge >= 0.3 is 0 Å². The number of ether oxygens (including phenoxy) is 2. The molecule has 0 spiro atoms. The lowest BCUT2D eigenvalue weighted by Gasteiger charge is -2.33. The lowest BCUT2D eigenvalue weighted by molar-refractivity contribution is -0.127. The fourth-order valence-electron chi connectivity index (χ4n) is 6.03. The van der Waals surface area contributed by atoms with Crippen molar-refractivity contribution < 1.29 is 14.3 Å². The summed E-state index contributed by atoms with van der Waals surface area (Å²) < 4.78 is 13.3. The van der Waals surface area contributed by atoms with Crippen molar-refractivity contribution in [2.24, 2.45) is 5.92 Å². The lowest BCUT2D eigenvalue weighted by Crippen LogP contribution is -2.43. The molecular formula is C29H37N3O3. The molecule has 0 aliphatic heterocycles. The summed E-state index contributed by atoms with van der Waals surface area (Å²) in [5, 5.41) is 3.46. The maximum Gasteiger partial charge on any atom is 0.243 e. The number of amides is 1. The number of para-hydroxylation sites is 2. The van der Waals surface area contributed by atoms with E-state index in [1.54, 1.807) is 14.2 Å². The van der Waals surface area contributed by atoms with Gasteiger partial charge in [-0.05, 0) is 61.9 Å². The van der Waals surface area contributed by atoms with E-state index in [9.17, 15) is 4.79 Å². The van der Waals surface area contributed by atoms with E-state index in [-0.39, 0.29) is 18.0 Å². The zero-order valence-corrected chi connectivity index (χ0v) is 21.0. The first-order valence-corrected chi connectivity index (χ1v) is 13.2. The van der Waals surface area contributed by atoms with Crippen molar-refractivity contribution >= 4 is 16.9 Å². The average Bonchev–Trinajstić information content (AvgIpc) is 3.29. The van der Waals surface area contributed by atoms with Crippen LogP contribution in [0.1, 0.15) is 70.3 Å². The zero-order valence-electron chi connectivity index (χ0n) is 21.0. The highest BCUT2D eigenvalue weighted by Gasteiger charge is 2.35. The number of carbonyl (C=O) groups is 1. The summed E-state index contributed by atoms with van der Waals surface area (Å²) >= 11 is 0. The van der Waals surface area contributed by atoms with Crippen molar-refractivity contribution in [3.63, 3.8) is 0 Å². The second kappa shape index (κ2) is 10.7. The molecule has 6 nitrogen and oxygen atoms in total. The quantitative estimate of drug-likeness (QED) is 0.436. The summed E-state index contributed by atoms with van der Waals surface area (Å²) in [7, 11) is 3.29. The van der Waals surface area contributed by atoms with Crippen LogP contribution in [0.4, 0.5) is 0 Å². The molecule has 2 saturated carbocycles. The minimum absolute atomic E-state index is 0.147. The Labute approximate surface area is 208 Å². The monoisotopic (exact) mass is 475 g/mol. The molecule has 0 radical (unpaired) electrons. The van der Waals surface area contributed by atoms with Gasteiger partial charge < -0.3 is 19.4 Å². The third-order valence-corrected chi connectivity index (χ3v) is 7.83. The van der Waals surface area contributed by atoms with Crippen LogP contribution < -0.4 is 14.8 Å². The highest BCUT2D eigenvalue weighted by molar-refractivity contribution is 5.87. The van der Waals surface area contributed by atoms with Crippen LogP contribution in [0.25, 0.3) is 22.4 Å². The number of aromatic nitrogens is 2. The van der Waals surface area contributed by atoms with E-state index in [2.05, 4.69) is 16.0 Å². The van der Waals surface area contributed by atoms with Gasteiger partial charge in [-0.25, -0.2) is 4.98 Å². The molecule has 3 aromatic rings. The standard InChI is InChI=1S/C29H37N3O3/c1-34-25-18-17-21(19-26(25)35-2)28-31-23-15-9-10-16-24(23)32(28)27(20-11-5-3-6-12-20)29(33)30-22-13-7-4-8-14-22/h9-10,15-20,22,27H,3-8,11-14H2,1-2H3,(H,30,33). The molecule has 0 saturated heterocycles. The van der Waals surface area contributed by atoms with Gasteiger partial charge in [0.05, 0.1) is 25.3 Å². The van der Waals surface area contributed by atoms with Crippen LogP contribution >= 0.6 is 0 Å². The van der Waals surface area contributed by atoms with Gasteiger partial charge in [-0.3, -0.25) is 4.79 Å². The molecule has 1 atom stereocenters. The SMILES string of the molecule is COc1ccc(-c2nc3ccccc3n2C(C(=O)NC2CCCCC2)C2CCCCC2)cc1OC. The molecule has 1 N–H and O–H groups in total. The van der Waals surface area contributed by atoms with Gasteiger partial charge in [-0.2, -0.15) is 0 Å². The van der Waals surface area contributed by atoms with Crippen LogP contribution in [-0.2, 0) is 4.79 Å². The molecule has 2 fully saturated rings. The van der Waals surface area contributed by atoms with E-state index in [1.807, 2.05) is 36.4 Å². The van der Waals surface area contributed by atoms with Crippen LogP contribution in [0.15, 0.2) is 42.5 Å². The number of rotatable bonds is 7. The summed E-state index contributed by atoms with van der Waals surface area (Å²) in [5.41, 5.74) is 2.83. The Balaban J connectivity index is 1.63. The van der Waals surface area contributed by atoms with Gasteiger partial charge in [-0.15, -0.1) is 0 Å². The summed E-state index contributed by atoms with van der Waals surface area (Å²) in [5.74, 6) is 2.58. The third kappa shape index (κ3) is 4.89. The normalized spacial score (nSPS) is 18.3. The summed E-state index contributed by atoms with van der Waals surface area (Å²) in [6.45, 7) is 0. The molecule has 1 aromatic heterocycles. The van der Waals surface area contributed by atoms with Crippen molar-refractivity contribution in [1.29, 1.82) is 0 Å². The van der Waals surface area contributed by atoms with Crippen molar-refractivity contribution in [2.75, 3.05) is 14.2 Å². The number of nitrogens with zero attached hydrogens (tertiary/aromatic N) is 2. The average molecular weight is 476 g/mol. The number of hydrogen-bond acceptors (Lipinski definition) is 4. The molecule has 2 aromatic carbocycles. The fraction of sp³-hybridized carbons (Fsp3) is 0.517. The number of carbonyl (C=O) groups excluding carboxylic acids is 1. The van der Waals surface area contributed by atoms with Crippen LogP contribution in [0, 0.1) is 5.92 Å². The van der Waals surface area contributed by atoms with Gasteiger partial charge in [0.25, 0.3) is 0 Å². The predicted molar refractivity (Wildman–Crippen MR) is 139 cm³/mol. The molecule has 1 amide bonds. The Morgan fingerprint density at radius 2 is 1.60 bits per heavy atom. The van der Waals surface area contributed by atoms with E-state index in [1.165, 1.54) is 38.5 Å². The highest BCUT2D eigenvalue weighted by Crippen LogP contribution is 2.40. The van der Waals surface area contributed by atoms with Crippen LogP contribution in [0.2, 0.25) is 0 Å². The third-order valence-electron chi connectivity index (χ3n) is 7.83. The number of methoxy groups -OCH3 is 2. The Bertz CT molecular complexity index is 1160. The van der Waals surface area contributed by atoms with Crippen molar-refractivity contribution in [2.45, 2.75) is 76.3 Å². The van der Waals surface area contributed by atoms with E-state index in [0.29, 0.717) is 17.4 Å². The number of nitrogens with one attached hydrogen (secondary N) is 1. The molecule has 1 unspecified atom stereocenters. The van der Waals surface area contributed by atoms with Crippen molar-refractivity contribution in [3.05, 3.63) is 42.5 Å². The maximum atomic E-state index is 14.1. The molecule has 35 heavy (non-hydrogen) atoms. The molecule has 186 valence electrons. The zero-order chi connectivity index (χ0) is 24.2. The smallest absolute Gasteiger partial charge is 0.243 e. The molecule has 2 aliphatic carbocycles. The van der Waals surface area contributed by atoms with E-state index in [4.69, 9.17) is 14.5 Å². The van der Waals surface area contributed by atoms with Crippen LogP contribution in [-0.4, -0.2) is 35.7 Å². The largest absolute Gasteiger partial charge is 0.493 e. The predicted octanol–water partition coefficient (Wildman–Crippen LogP) is 6.29. The first-order valence-electron chi connectivity index (χ1n) is 13.2. The topological polar surface area (TPSA) is 65.4 Å². The van der Waals surface area contributed by atoms with E-state index < -0.39 is 0 Å². The number of hydrogen-bond donors (Lipinski definition) is 1. The van der Waals surface area contributed by atoms with Crippen LogP contribution in [0.3, 0.4) is 0 Å². The van der Waals surface area contributed by atoms with Gasteiger partial charge in [0.15, 0.2) is 11.5 Å². The number of imidazole rings is 1. The Morgan fingerprint density at radius 1 is 0.914 bits per heavy atom. The highest BCUT2D eigenvalue weighted by atomic mass is 16.5. The lowest BCUT2D eigenvalue weighted by atomic mass is 9.82. The Hall–Kier alpha value is -3.02. The molecule has 2 aliphatic rings. The first kappa shape index (κ1) is 23.7. The van der Waals surface area contributed by atoms with Gasteiger partial charge in [0.1, 0.15) is 11.9 Å². The molecular weight excluding hydrogens is 438 g/mol. The van der Waals surface area contributed by atoms with Crippen molar-refractivity contribution in [3.8, 4) is 22.9 Å². The minimum Gasteiger partial charge on any atom is -0.493 e. The Kier molecular flexibility index (Phi) is 7.26. The summed E-state index contributed by atoms with van der Waals surface area (Å²) in [4.78, 5) is 19.1. The van der Waals surface area contributed by atoms with Gasteiger partial charge in [0, 0.05) is 11.6 Å². The van der Waals surface area contributed by atoms with Gasteiger partial charge in [-0.1, -0.05) is 50.7 Å². The minimum atomic E-state index is -0.285. The first-order chi connectivity index (χ1) is 17.2. The second-order valence-electron chi connectivity index (χ2n) is 10.1. The van der Waals surface area contributed by atoms with E-state index >= 15 is 0 Å². The number of fused-ring (bicyclic) bond motifs is 1.